The molecule has 3 heterocycles. The van der Waals surface area contributed by atoms with Crippen molar-refractivity contribution in [2.75, 3.05) is 0 Å². The maximum absolute atomic E-state index is 13.5. The van der Waals surface area contributed by atoms with Gasteiger partial charge in [0.05, 0.1) is 12.5 Å². The van der Waals surface area contributed by atoms with Gasteiger partial charge in [0.15, 0.2) is 6.10 Å². The molecule has 0 amide bonds. The van der Waals surface area contributed by atoms with E-state index >= 15 is 0 Å². The summed E-state index contributed by atoms with van der Waals surface area (Å²) in [6, 6.07) is 1.81. The van der Waals surface area contributed by atoms with Crippen LogP contribution >= 0.6 is 0 Å². The number of hydrogen-bond donors (Lipinski definition) is 0. The number of cyclic esters (lactones) is 1. The Morgan fingerprint density at radius 3 is 2.05 bits per heavy atom. The smallest absolute Gasteiger partial charge is 0.339 e. The Morgan fingerprint density at radius 2 is 1.45 bits per heavy atom. The Balaban J connectivity index is 1.54. The minimum atomic E-state index is -0.994. The first-order chi connectivity index (χ1) is 19.5. The summed E-state index contributed by atoms with van der Waals surface area (Å²) < 4.78 is 36.2. The number of rotatable bonds is 4. The van der Waals surface area contributed by atoms with Gasteiger partial charge in [-0.3, -0.25) is 14.4 Å². The molecule has 5 fully saturated rings. The average Bonchev–Trinajstić information content (AvgIpc) is 3.45. The third-order valence-corrected chi connectivity index (χ3v) is 12.2. The predicted octanol–water partition coefficient (Wildman–Crippen LogP) is 4.69. The minimum absolute atomic E-state index is 0.159. The van der Waals surface area contributed by atoms with Gasteiger partial charge in [-0.15, -0.1) is 0 Å². The highest BCUT2D eigenvalue weighted by Gasteiger charge is 2.89. The summed E-state index contributed by atoms with van der Waals surface area (Å²) in [7, 11) is 0. The lowest BCUT2D eigenvalue weighted by molar-refractivity contribution is -0.298. The standard InChI is InChI=1S/C32H42O10/c1-16(33)38-22-14-23(39-17(2)34)30(7)20-9-11-29(6)25(19-10-12-37-15-19)41-27(36)26-32(29,42-26)31(20,8)24(40-18(3)35)13-21(30)28(22,4)5/h10,12,15,20-26H,9,11,13-14H2,1-8H3/t20?,21?,22-,23+,24-,25+,26-,29+,30-,31+,32-/m1/s1. The van der Waals surface area contributed by atoms with Crippen LogP contribution in [0.4, 0.5) is 0 Å². The van der Waals surface area contributed by atoms with Crippen molar-refractivity contribution < 1.29 is 47.3 Å². The highest BCUT2D eigenvalue weighted by molar-refractivity contribution is 5.82. The molecule has 0 radical (unpaired) electrons. The quantitative estimate of drug-likeness (QED) is 0.278. The first-order valence-corrected chi connectivity index (χ1v) is 15.0. The SMILES string of the molecule is CC(=O)O[C@H]1C[C@@H](OC(C)=O)C(C)(C)C2C[C@@H](OC(C)=O)[C@]3(C)C(CC[C@@]4(C)[C@H](c5ccoc5)OC(=O)[C@H]5O[C@]543)[C@]21C. The molecule has 1 aromatic heterocycles. The number of furan rings is 1. The van der Waals surface area contributed by atoms with E-state index in [-0.39, 0.29) is 11.8 Å². The minimum Gasteiger partial charge on any atom is -0.472 e. The van der Waals surface area contributed by atoms with Crippen LogP contribution in [0.2, 0.25) is 0 Å². The molecule has 6 rings (SSSR count). The van der Waals surface area contributed by atoms with E-state index in [4.69, 9.17) is 28.1 Å². The highest BCUT2D eigenvalue weighted by atomic mass is 16.7. The van der Waals surface area contributed by atoms with Gasteiger partial charge >= 0.3 is 23.9 Å². The van der Waals surface area contributed by atoms with Gasteiger partial charge in [-0.1, -0.05) is 34.6 Å². The summed E-state index contributed by atoms with van der Waals surface area (Å²) in [6.07, 6.45) is 2.16. The maximum Gasteiger partial charge on any atom is 0.339 e. The van der Waals surface area contributed by atoms with E-state index in [9.17, 15) is 19.2 Å². The number of epoxide rings is 1. The summed E-state index contributed by atoms with van der Waals surface area (Å²) in [5.74, 6) is -2.01. The van der Waals surface area contributed by atoms with Gasteiger partial charge in [0.25, 0.3) is 0 Å². The number of carbonyl (C=O) groups is 4. The third-order valence-electron chi connectivity index (χ3n) is 12.2. The molecule has 2 unspecified atom stereocenters. The molecule has 2 aliphatic heterocycles. The van der Waals surface area contributed by atoms with E-state index in [0.717, 1.165) is 5.56 Å². The van der Waals surface area contributed by atoms with E-state index in [1.165, 1.54) is 20.8 Å². The lowest BCUT2D eigenvalue weighted by atomic mass is 9.34. The van der Waals surface area contributed by atoms with E-state index in [0.29, 0.717) is 25.7 Å². The summed E-state index contributed by atoms with van der Waals surface area (Å²) in [5.41, 5.74) is -2.88. The molecule has 1 aromatic rings. The lowest BCUT2D eigenvalue weighted by Gasteiger charge is -2.71. The van der Waals surface area contributed by atoms with Gasteiger partial charge in [0.2, 0.25) is 0 Å². The molecule has 1 spiro atoms. The first-order valence-electron chi connectivity index (χ1n) is 15.0. The zero-order valence-electron chi connectivity index (χ0n) is 25.7. The number of carbonyl (C=O) groups excluding carboxylic acids is 4. The molecule has 230 valence electrons. The van der Waals surface area contributed by atoms with Crippen LogP contribution in [0.1, 0.15) is 92.7 Å². The first kappa shape index (κ1) is 29.2. The molecular weight excluding hydrogens is 544 g/mol. The number of esters is 4. The van der Waals surface area contributed by atoms with Crippen molar-refractivity contribution in [3.05, 3.63) is 24.2 Å². The number of fused-ring (bicyclic) bond motifs is 3. The summed E-state index contributed by atoms with van der Waals surface area (Å²) in [5, 5.41) is 0. The Hall–Kier alpha value is -2.88. The molecule has 0 bridgehead atoms. The zero-order chi connectivity index (χ0) is 30.6. The van der Waals surface area contributed by atoms with Crippen LogP contribution in [0.25, 0.3) is 0 Å². The topological polar surface area (TPSA) is 131 Å². The van der Waals surface area contributed by atoms with Crippen molar-refractivity contribution in [1.82, 2.24) is 0 Å². The largest absolute Gasteiger partial charge is 0.472 e. The van der Waals surface area contributed by atoms with Gasteiger partial charge in [0, 0.05) is 54.4 Å². The molecule has 10 nitrogen and oxygen atoms in total. The Morgan fingerprint density at radius 1 is 0.833 bits per heavy atom. The molecule has 3 aliphatic carbocycles. The molecule has 5 aliphatic rings. The van der Waals surface area contributed by atoms with Crippen molar-refractivity contribution in [2.24, 2.45) is 33.5 Å². The van der Waals surface area contributed by atoms with Crippen LogP contribution in [0.15, 0.2) is 23.0 Å². The van der Waals surface area contributed by atoms with Crippen molar-refractivity contribution in [3.8, 4) is 0 Å². The van der Waals surface area contributed by atoms with Crippen LogP contribution in [0.3, 0.4) is 0 Å². The van der Waals surface area contributed by atoms with Gasteiger partial charge in [-0.2, -0.15) is 0 Å². The van der Waals surface area contributed by atoms with E-state index < -0.39 is 81.7 Å². The van der Waals surface area contributed by atoms with Crippen LogP contribution in [0.5, 0.6) is 0 Å². The fourth-order valence-electron chi connectivity index (χ4n) is 10.6. The second-order valence-corrected chi connectivity index (χ2v) is 14.4. The zero-order valence-corrected chi connectivity index (χ0v) is 25.7. The van der Waals surface area contributed by atoms with Crippen LogP contribution < -0.4 is 0 Å². The van der Waals surface area contributed by atoms with Crippen molar-refractivity contribution in [1.29, 1.82) is 0 Å². The predicted molar refractivity (Wildman–Crippen MR) is 145 cm³/mol. The van der Waals surface area contributed by atoms with E-state index in [2.05, 4.69) is 34.6 Å². The van der Waals surface area contributed by atoms with Gasteiger partial charge in [-0.05, 0) is 37.2 Å². The molecule has 3 saturated carbocycles. The average molecular weight is 587 g/mol. The highest BCUT2D eigenvalue weighted by Crippen LogP contribution is 2.80. The molecular formula is C32H42O10. The molecule has 0 N–H and O–H groups in total. The summed E-state index contributed by atoms with van der Waals surface area (Å²) in [4.78, 5) is 50.9. The van der Waals surface area contributed by atoms with Crippen molar-refractivity contribution in [3.63, 3.8) is 0 Å². The van der Waals surface area contributed by atoms with E-state index in [1.54, 1.807) is 12.5 Å². The molecule has 0 aromatic carbocycles. The number of hydrogen-bond acceptors (Lipinski definition) is 10. The van der Waals surface area contributed by atoms with Gasteiger partial charge < -0.3 is 28.1 Å². The fourth-order valence-corrected chi connectivity index (χ4v) is 10.6. The molecule has 2 saturated heterocycles. The van der Waals surface area contributed by atoms with Crippen LogP contribution in [0, 0.1) is 33.5 Å². The molecule has 11 atom stereocenters. The fraction of sp³-hybridized carbons (Fsp3) is 0.750. The Bertz CT molecular complexity index is 1320. The maximum atomic E-state index is 13.5. The van der Waals surface area contributed by atoms with Crippen molar-refractivity contribution in [2.45, 2.75) is 117 Å². The third kappa shape index (κ3) is 3.53. The second kappa shape index (κ2) is 9.07. The lowest BCUT2D eigenvalue weighted by Crippen LogP contribution is -2.75. The van der Waals surface area contributed by atoms with E-state index in [1.807, 2.05) is 6.07 Å². The summed E-state index contributed by atoms with van der Waals surface area (Å²) in [6.45, 7) is 14.7. The normalized spacial score (nSPS) is 46.5. The van der Waals surface area contributed by atoms with Gasteiger partial charge in [-0.25, -0.2) is 4.79 Å². The van der Waals surface area contributed by atoms with Gasteiger partial charge in [0.1, 0.15) is 30.0 Å². The second-order valence-electron chi connectivity index (χ2n) is 14.4. The van der Waals surface area contributed by atoms with Crippen molar-refractivity contribution >= 4 is 23.9 Å². The van der Waals surface area contributed by atoms with Crippen LogP contribution in [-0.4, -0.2) is 53.9 Å². The molecule has 42 heavy (non-hydrogen) atoms. The number of ether oxygens (including phenoxy) is 5. The molecule has 10 heteroatoms. The summed E-state index contributed by atoms with van der Waals surface area (Å²) >= 11 is 0. The Kier molecular flexibility index (Phi) is 6.30. The monoisotopic (exact) mass is 586 g/mol. The van der Waals surface area contributed by atoms with Crippen LogP contribution in [-0.2, 0) is 42.9 Å². The Labute approximate surface area is 246 Å².